The molecule has 0 spiro atoms. The number of carbonyl (C=O) groups excluding carboxylic acids is 1. The van der Waals surface area contributed by atoms with E-state index in [-0.39, 0.29) is 5.56 Å². The molecular formula is C19H14ClNO3. The maximum Gasteiger partial charge on any atom is 0.349 e. The Hall–Kier alpha value is -2.59. The van der Waals surface area contributed by atoms with Gasteiger partial charge in [0.15, 0.2) is 0 Å². The van der Waals surface area contributed by atoms with E-state index in [2.05, 4.69) is 5.32 Å². The van der Waals surface area contributed by atoms with Gasteiger partial charge in [0, 0.05) is 10.4 Å². The van der Waals surface area contributed by atoms with Crippen LogP contribution in [0.15, 0.2) is 63.8 Å². The van der Waals surface area contributed by atoms with E-state index < -0.39 is 17.1 Å². The topological polar surface area (TPSA) is 59.3 Å². The highest BCUT2D eigenvalue weighted by molar-refractivity contribution is 6.30. The van der Waals surface area contributed by atoms with Gasteiger partial charge in [0.2, 0.25) is 0 Å². The Bertz CT molecular complexity index is 987. The van der Waals surface area contributed by atoms with E-state index in [4.69, 9.17) is 16.0 Å². The fourth-order valence-corrected chi connectivity index (χ4v) is 3.01. The predicted molar refractivity (Wildman–Crippen MR) is 92.3 cm³/mol. The first-order chi connectivity index (χ1) is 11.6. The summed E-state index contributed by atoms with van der Waals surface area (Å²) < 4.78 is 5.24. The molecule has 4 rings (SSSR count). The van der Waals surface area contributed by atoms with Crippen LogP contribution in [0.25, 0.3) is 11.0 Å². The van der Waals surface area contributed by atoms with Gasteiger partial charge in [-0.25, -0.2) is 4.79 Å². The molecule has 1 N–H and O–H groups in total. The molecule has 4 nitrogen and oxygen atoms in total. The first-order valence-electron chi connectivity index (χ1n) is 7.69. The summed E-state index contributed by atoms with van der Waals surface area (Å²) >= 11 is 5.92. The molecule has 1 aliphatic rings. The quantitative estimate of drug-likeness (QED) is 0.737. The average Bonchev–Trinajstić information content (AvgIpc) is 3.35. The van der Waals surface area contributed by atoms with Gasteiger partial charge in [0.25, 0.3) is 5.91 Å². The molecule has 0 saturated heterocycles. The second-order valence-corrected chi connectivity index (χ2v) is 6.46. The molecule has 1 amide bonds. The molecule has 0 aliphatic heterocycles. The van der Waals surface area contributed by atoms with Crippen LogP contribution < -0.4 is 10.9 Å². The molecule has 0 radical (unpaired) electrons. The zero-order valence-electron chi connectivity index (χ0n) is 12.7. The number of para-hydroxylation sites is 1. The first kappa shape index (κ1) is 15.0. The Labute approximate surface area is 143 Å². The zero-order valence-corrected chi connectivity index (χ0v) is 13.5. The average molecular weight is 340 g/mol. The summed E-state index contributed by atoms with van der Waals surface area (Å²) in [6, 6.07) is 16.1. The fourth-order valence-electron chi connectivity index (χ4n) is 2.88. The molecule has 120 valence electrons. The van der Waals surface area contributed by atoms with E-state index in [1.807, 2.05) is 18.2 Å². The SMILES string of the molecule is O=C(NC1(c2ccc(Cl)cc2)CC1)c1cc2ccccc2oc1=O. The summed E-state index contributed by atoms with van der Waals surface area (Å²) in [6.07, 6.45) is 1.67. The van der Waals surface area contributed by atoms with Crippen LogP contribution in [-0.2, 0) is 5.54 Å². The van der Waals surface area contributed by atoms with Crippen molar-refractivity contribution < 1.29 is 9.21 Å². The minimum atomic E-state index is -0.627. The lowest BCUT2D eigenvalue weighted by Crippen LogP contribution is -2.37. The Kier molecular flexibility index (Phi) is 3.43. The van der Waals surface area contributed by atoms with E-state index in [1.165, 1.54) is 0 Å². The first-order valence-corrected chi connectivity index (χ1v) is 8.07. The number of benzene rings is 2. The summed E-state index contributed by atoms with van der Waals surface area (Å²) in [5.74, 6) is -0.415. The normalized spacial score (nSPS) is 15.2. The van der Waals surface area contributed by atoms with Gasteiger partial charge in [-0.15, -0.1) is 0 Å². The summed E-state index contributed by atoms with van der Waals surface area (Å²) in [7, 11) is 0. The molecule has 1 fully saturated rings. The second-order valence-electron chi connectivity index (χ2n) is 6.03. The Morgan fingerprint density at radius 3 is 2.50 bits per heavy atom. The number of hydrogen-bond acceptors (Lipinski definition) is 3. The third-order valence-electron chi connectivity index (χ3n) is 4.39. The van der Waals surface area contributed by atoms with Crippen molar-refractivity contribution in [3.05, 3.63) is 81.2 Å². The van der Waals surface area contributed by atoms with Crippen molar-refractivity contribution in [1.82, 2.24) is 5.32 Å². The third-order valence-corrected chi connectivity index (χ3v) is 4.64. The van der Waals surface area contributed by atoms with E-state index in [0.717, 1.165) is 23.8 Å². The maximum atomic E-state index is 12.6. The van der Waals surface area contributed by atoms with Crippen molar-refractivity contribution in [2.75, 3.05) is 0 Å². The summed E-state index contributed by atoms with van der Waals surface area (Å²) in [6.45, 7) is 0. The fraction of sp³-hybridized carbons (Fsp3) is 0.158. The number of fused-ring (bicyclic) bond motifs is 1. The van der Waals surface area contributed by atoms with Crippen LogP contribution >= 0.6 is 11.6 Å². The predicted octanol–water partition coefficient (Wildman–Crippen LogP) is 3.87. The van der Waals surface area contributed by atoms with Crippen LogP contribution in [0.5, 0.6) is 0 Å². The van der Waals surface area contributed by atoms with Crippen LogP contribution in [-0.4, -0.2) is 5.91 Å². The molecule has 5 heteroatoms. The monoisotopic (exact) mass is 339 g/mol. The number of amides is 1. The molecule has 24 heavy (non-hydrogen) atoms. The number of carbonyl (C=O) groups is 1. The number of rotatable bonds is 3. The molecule has 1 heterocycles. The Balaban J connectivity index is 1.66. The number of hydrogen-bond donors (Lipinski definition) is 1. The molecule has 1 aliphatic carbocycles. The highest BCUT2D eigenvalue weighted by atomic mass is 35.5. The largest absolute Gasteiger partial charge is 0.422 e. The Morgan fingerprint density at radius 2 is 1.79 bits per heavy atom. The molecule has 0 bridgehead atoms. The van der Waals surface area contributed by atoms with Crippen molar-refractivity contribution in [3.63, 3.8) is 0 Å². The second kappa shape index (κ2) is 5.49. The highest BCUT2D eigenvalue weighted by Gasteiger charge is 2.46. The highest BCUT2D eigenvalue weighted by Crippen LogP contribution is 2.45. The maximum absolute atomic E-state index is 12.6. The molecule has 1 aromatic heterocycles. The molecule has 2 aromatic carbocycles. The number of nitrogens with one attached hydrogen (secondary N) is 1. The molecular weight excluding hydrogens is 326 g/mol. The summed E-state index contributed by atoms with van der Waals surface area (Å²) in [4.78, 5) is 24.7. The lowest BCUT2D eigenvalue weighted by Gasteiger charge is -2.18. The van der Waals surface area contributed by atoms with Gasteiger partial charge in [-0.1, -0.05) is 41.9 Å². The van der Waals surface area contributed by atoms with E-state index >= 15 is 0 Å². The standard InChI is InChI=1S/C19H14ClNO3/c20-14-7-5-13(6-8-14)19(9-10-19)21-17(22)15-11-12-3-1-2-4-16(12)24-18(15)23/h1-8,11H,9-10H2,(H,21,22). The van der Waals surface area contributed by atoms with Crippen LogP contribution in [0, 0.1) is 0 Å². The molecule has 0 unspecified atom stereocenters. The van der Waals surface area contributed by atoms with Crippen molar-refractivity contribution >= 4 is 28.5 Å². The van der Waals surface area contributed by atoms with Gasteiger partial charge in [-0.3, -0.25) is 4.79 Å². The van der Waals surface area contributed by atoms with E-state index in [9.17, 15) is 9.59 Å². The smallest absolute Gasteiger partial charge is 0.349 e. The molecule has 3 aromatic rings. The molecule has 0 atom stereocenters. The van der Waals surface area contributed by atoms with Gasteiger partial charge < -0.3 is 9.73 Å². The van der Waals surface area contributed by atoms with E-state index in [1.54, 1.807) is 36.4 Å². The summed E-state index contributed by atoms with van der Waals surface area (Å²) in [5, 5.41) is 4.35. The van der Waals surface area contributed by atoms with Crippen LogP contribution in [0.3, 0.4) is 0 Å². The van der Waals surface area contributed by atoms with Crippen molar-refractivity contribution in [2.45, 2.75) is 18.4 Å². The minimum absolute atomic E-state index is 0.0222. The van der Waals surface area contributed by atoms with Crippen LogP contribution in [0.1, 0.15) is 28.8 Å². The van der Waals surface area contributed by atoms with Crippen molar-refractivity contribution in [1.29, 1.82) is 0 Å². The minimum Gasteiger partial charge on any atom is -0.422 e. The number of halogens is 1. The third kappa shape index (κ3) is 2.59. The van der Waals surface area contributed by atoms with Gasteiger partial charge in [0.1, 0.15) is 11.1 Å². The van der Waals surface area contributed by atoms with Gasteiger partial charge in [-0.2, -0.15) is 0 Å². The lowest BCUT2D eigenvalue weighted by atomic mass is 10.0. The van der Waals surface area contributed by atoms with Gasteiger partial charge in [0.05, 0.1) is 5.54 Å². The van der Waals surface area contributed by atoms with Crippen molar-refractivity contribution in [2.24, 2.45) is 0 Å². The van der Waals surface area contributed by atoms with Crippen molar-refractivity contribution in [3.8, 4) is 0 Å². The summed E-state index contributed by atoms with van der Waals surface area (Å²) in [5.41, 5.74) is 0.440. The van der Waals surface area contributed by atoms with E-state index in [0.29, 0.717) is 10.6 Å². The Morgan fingerprint density at radius 1 is 1.08 bits per heavy atom. The van der Waals surface area contributed by atoms with Gasteiger partial charge >= 0.3 is 5.63 Å². The van der Waals surface area contributed by atoms with Crippen LogP contribution in [0.4, 0.5) is 0 Å². The zero-order chi connectivity index (χ0) is 16.7. The van der Waals surface area contributed by atoms with Crippen LogP contribution in [0.2, 0.25) is 5.02 Å². The molecule has 1 saturated carbocycles. The lowest BCUT2D eigenvalue weighted by molar-refractivity contribution is 0.0927. The van der Waals surface area contributed by atoms with Gasteiger partial charge in [-0.05, 0) is 42.7 Å².